The first-order chi connectivity index (χ1) is 12.2. The van der Waals surface area contributed by atoms with Crippen LogP contribution in [0.5, 0.6) is 11.5 Å². The second-order valence-electron chi connectivity index (χ2n) is 5.78. The molecule has 3 aromatic rings. The van der Waals surface area contributed by atoms with E-state index in [1.54, 1.807) is 14.2 Å². The van der Waals surface area contributed by atoms with Crippen molar-refractivity contribution >= 4 is 17.4 Å². The topological polar surface area (TPSA) is 48.3 Å². The maximum Gasteiger partial charge on any atom is 0.170 e. The van der Waals surface area contributed by atoms with E-state index in [0.717, 1.165) is 35.7 Å². The number of aromatic nitrogens is 2. The van der Waals surface area contributed by atoms with E-state index in [9.17, 15) is 0 Å². The Balaban J connectivity index is 1.90. The van der Waals surface area contributed by atoms with Gasteiger partial charge in [-0.05, 0) is 42.8 Å². The summed E-state index contributed by atoms with van der Waals surface area (Å²) < 4.78 is 13.0. The van der Waals surface area contributed by atoms with Crippen LogP contribution in [0, 0.1) is 0 Å². The van der Waals surface area contributed by atoms with Crippen molar-refractivity contribution in [2.75, 3.05) is 26.1 Å². The molecule has 5 nitrogen and oxygen atoms in total. The highest BCUT2D eigenvalue weighted by atomic mass is 35.5. The van der Waals surface area contributed by atoms with Gasteiger partial charge in [0.1, 0.15) is 11.5 Å². The number of methoxy groups -OCH3 is 2. The summed E-state index contributed by atoms with van der Waals surface area (Å²) >= 11 is 6.01. The largest absolute Gasteiger partial charge is 0.493 e. The minimum absolute atomic E-state index is 0.695. The summed E-state index contributed by atoms with van der Waals surface area (Å²) in [6, 6.07) is 13.5. The maximum atomic E-state index is 6.01. The molecular formula is C19H18ClN3O2. The van der Waals surface area contributed by atoms with Gasteiger partial charge in [-0.25, -0.2) is 4.68 Å². The molecule has 4 rings (SSSR count). The number of rotatable bonds is 4. The number of hydrogen-bond acceptors (Lipinski definition) is 4. The van der Waals surface area contributed by atoms with Crippen molar-refractivity contribution in [2.45, 2.75) is 6.42 Å². The Bertz CT molecular complexity index is 919. The molecule has 0 aliphatic carbocycles. The van der Waals surface area contributed by atoms with Gasteiger partial charge in [0.25, 0.3) is 0 Å². The van der Waals surface area contributed by atoms with Crippen molar-refractivity contribution in [3.63, 3.8) is 0 Å². The maximum absolute atomic E-state index is 6.01. The van der Waals surface area contributed by atoms with E-state index in [0.29, 0.717) is 16.5 Å². The van der Waals surface area contributed by atoms with Gasteiger partial charge in [-0.15, -0.1) is 0 Å². The molecule has 0 radical (unpaired) electrons. The summed E-state index contributed by atoms with van der Waals surface area (Å²) in [4.78, 5) is 0. The van der Waals surface area contributed by atoms with E-state index in [-0.39, 0.29) is 0 Å². The van der Waals surface area contributed by atoms with Crippen molar-refractivity contribution in [3.8, 4) is 28.4 Å². The van der Waals surface area contributed by atoms with E-state index < -0.39 is 0 Å². The molecule has 0 saturated heterocycles. The zero-order valence-corrected chi connectivity index (χ0v) is 14.8. The van der Waals surface area contributed by atoms with E-state index in [2.05, 4.69) is 5.32 Å². The van der Waals surface area contributed by atoms with E-state index in [4.69, 9.17) is 26.2 Å². The highest BCUT2D eigenvalue weighted by Crippen LogP contribution is 2.42. The SMILES string of the molecule is COc1cccc(-c2nn(-c3ccc(Cl)cc3)c3c2CCN3)c1OC. The van der Waals surface area contributed by atoms with Gasteiger partial charge in [0.2, 0.25) is 0 Å². The number of halogens is 1. The smallest absolute Gasteiger partial charge is 0.170 e. The molecule has 1 aromatic heterocycles. The quantitative estimate of drug-likeness (QED) is 0.762. The summed E-state index contributed by atoms with van der Waals surface area (Å²) in [5.74, 6) is 2.41. The number of anilines is 1. The van der Waals surface area contributed by atoms with Crippen molar-refractivity contribution < 1.29 is 9.47 Å². The third kappa shape index (κ3) is 2.61. The van der Waals surface area contributed by atoms with Gasteiger partial charge in [-0.1, -0.05) is 17.7 Å². The number of benzene rings is 2. The third-order valence-electron chi connectivity index (χ3n) is 4.38. The van der Waals surface area contributed by atoms with E-state index in [1.807, 2.05) is 47.1 Å². The number of nitrogens with one attached hydrogen (secondary N) is 1. The molecular weight excluding hydrogens is 338 g/mol. The first kappa shape index (κ1) is 15.8. The second kappa shape index (κ2) is 6.33. The van der Waals surface area contributed by atoms with Crippen LogP contribution in [0.25, 0.3) is 16.9 Å². The van der Waals surface area contributed by atoms with Crippen LogP contribution in [0.1, 0.15) is 5.56 Å². The van der Waals surface area contributed by atoms with Crippen LogP contribution >= 0.6 is 11.6 Å². The Kier molecular flexibility index (Phi) is 4.01. The van der Waals surface area contributed by atoms with E-state index >= 15 is 0 Å². The number of fused-ring (bicyclic) bond motifs is 1. The first-order valence-corrected chi connectivity index (χ1v) is 8.44. The van der Waals surface area contributed by atoms with Crippen LogP contribution in [-0.4, -0.2) is 30.5 Å². The van der Waals surface area contributed by atoms with Gasteiger partial charge in [0.15, 0.2) is 11.5 Å². The minimum atomic E-state index is 0.695. The Labute approximate surface area is 151 Å². The molecule has 2 heterocycles. The lowest BCUT2D eigenvalue weighted by atomic mass is 10.1. The van der Waals surface area contributed by atoms with Gasteiger partial charge in [0, 0.05) is 22.7 Å². The third-order valence-corrected chi connectivity index (χ3v) is 4.63. The minimum Gasteiger partial charge on any atom is -0.493 e. The van der Waals surface area contributed by atoms with E-state index in [1.165, 1.54) is 5.56 Å². The van der Waals surface area contributed by atoms with Crippen LogP contribution < -0.4 is 14.8 Å². The number of para-hydroxylation sites is 1. The van der Waals surface area contributed by atoms with Gasteiger partial charge < -0.3 is 14.8 Å². The monoisotopic (exact) mass is 355 g/mol. The standard InChI is InChI=1S/C19H18ClN3O2/c1-24-16-5-3-4-14(18(16)25-2)17-15-10-11-21-19(15)23(22-17)13-8-6-12(20)7-9-13/h3-9,21H,10-11H2,1-2H3. The van der Waals surface area contributed by atoms with Gasteiger partial charge in [-0.2, -0.15) is 5.10 Å². The molecule has 25 heavy (non-hydrogen) atoms. The average molecular weight is 356 g/mol. The molecule has 0 unspecified atom stereocenters. The van der Waals surface area contributed by atoms with Gasteiger partial charge >= 0.3 is 0 Å². The molecule has 0 atom stereocenters. The Morgan fingerprint density at radius 1 is 1.08 bits per heavy atom. The molecule has 0 bridgehead atoms. The highest BCUT2D eigenvalue weighted by molar-refractivity contribution is 6.30. The summed E-state index contributed by atoms with van der Waals surface area (Å²) in [5, 5.41) is 9.00. The van der Waals surface area contributed by atoms with Crippen molar-refractivity contribution in [1.82, 2.24) is 9.78 Å². The predicted molar refractivity (Wildman–Crippen MR) is 99.3 cm³/mol. The molecule has 1 N–H and O–H groups in total. The zero-order valence-electron chi connectivity index (χ0n) is 14.0. The Hall–Kier alpha value is -2.66. The normalized spacial score (nSPS) is 12.6. The molecule has 0 amide bonds. The molecule has 0 fully saturated rings. The van der Waals surface area contributed by atoms with Crippen LogP contribution in [-0.2, 0) is 6.42 Å². The molecule has 1 aliphatic heterocycles. The first-order valence-electron chi connectivity index (χ1n) is 8.06. The van der Waals surface area contributed by atoms with Crippen molar-refractivity contribution in [3.05, 3.63) is 53.1 Å². The lowest BCUT2D eigenvalue weighted by molar-refractivity contribution is 0.356. The predicted octanol–water partition coefficient (Wildman–Crippen LogP) is 4.18. The summed E-state index contributed by atoms with van der Waals surface area (Å²) in [6.07, 6.45) is 0.915. The summed E-state index contributed by atoms with van der Waals surface area (Å²) in [5.41, 5.74) is 3.98. The lowest BCUT2D eigenvalue weighted by Gasteiger charge is -2.11. The fraction of sp³-hybridized carbons (Fsp3) is 0.211. The van der Waals surface area contributed by atoms with Gasteiger partial charge in [-0.3, -0.25) is 0 Å². The summed E-state index contributed by atoms with van der Waals surface area (Å²) in [6.45, 7) is 0.889. The molecule has 0 saturated carbocycles. The molecule has 6 heteroatoms. The summed E-state index contributed by atoms with van der Waals surface area (Å²) in [7, 11) is 3.29. The second-order valence-corrected chi connectivity index (χ2v) is 6.22. The highest BCUT2D eigenvalue weighted by Gasteiger charge is 2.26. The van der Waals surface area contributed by atoms with Crippen LogP contribution in [0.4, 0.5) is 5.82 Å². The Morgan fingerprint density at radius 2 is 1.88 bits per heavy atom. The van der Waals surface area contributed by atoms with Gasteiger partial charge in [0.05, 0.1) is 19.9 Å². The molecule has 128 valence electrons. The molecule has 2 aromatic carbocycles. The number of hydrogen-bond donors (Lipinski definition) is 1. The fourth-order valence-corrected chi connectivity index (χ4v) is 3.36. The Morgan fingerprint density at radius 3 is 2.60 bits per heavy atom. The average Bonchev–Trinajstić information content (AvgIpc) is 3.24. The van der Waals surface area contributed by atoms with Crippen LogP contribution in [0.15, 0.2) is 42.5 Å². The molecule has 0 spiro atoms. The van der Waals surface area contributed by atoms with Crippen LogP contribution in [0.3, 0.4) is 0 Å². The zero-order chi connectivity index (χ0) is 17.4. The number of ether oxygens (including phenoxy) is 2. The fourth-order valence-electron chi connectivity index (χ4n) is 3.23. The lowest BCUT2D eigenvalue weighted by Crippen LogP contribution is -2.04. The van der Waals surface area contributed by atoms with Crippen molar-refractivity contribution in [1.29, 1.82) is 0 Å². The van der Waals surface area contributed by atoms with Crippen molar-refractivity contribution in [2.24, 2.45) is 0 Å². The number of nitrogens with zero attached hydrogens (tertiary/aromatic N) is 2. The van der Waals surface area contributed by atoms with Crippen LogP contribution in [0.2, 0.25) is 5.02 Å². The molecule has 1 aliphatic rings.